The van der Waals surface area contributed by atoms with Gasteiger partial charge in [-0.3, -0.25) is 4.67 Å². The quantitative estimate of drug-likeness (QED) is 0.344. The highest BCUT2D eigenvalue weighted by Crippen LogP contribution is 2.45. The molecule has 0 amide bonds. The highest BCUT2D eigenvalue weighted by Gasteiger charge is 2.33. The van der Waals surface area contributed by atoms with Gasteiger partial charge in [0.25, 0.3) is 0 Å². The minimum Gasteiger partial charge on any atom is -0.263 e. The molecule has 0 spiro atoms. The fourth-order valence-electron chi connectivity index (χ4n) is 4.33. The first kappa shape index (κ1) is 19.9. The van der Waals surface area contributed by atoms with Crippen molar-refractivity contribution in [2.24, 2.45) is 0 Å². The van der Waals surface area contributed by atoms with Gasteiger partial charge < -0.3 is 0 Å². The summed E-state index contributed by atoms with van der Waals surface area (Å²) in [5.74, 6) is 0. The third kappa shape index (κ3) is 4.54. The molecule has 0 N–H and O–H groups in total. The van der Waals surface area contributed by atoms with Crippen LogP contribution < -0.4 is 10.6 Å². The first-order chi connectivity index (χ1) is 15.4. The molecule has 4 aromatic rings. The van der Waals surface area contributed by atoms with E-state index in [0.717, 1.165) is 13.0 Å². The maximum atomic E-state index is 2.73. The molecule has 0 aliphatic carbocycles. The Labute approximate surface area is 186 Å². The van der Waals surface area contributed by atoms with Crippen molar-refractivity contribution < 1.29 is 0 Å². The predicted molar refractivity (Wildman–Crippen MR) is 134 cm³/mol. The molecule has 4 aromatic carbocycles. The SMILES string of the molecule is C1=C(c2ccccc2)CN(P(c2ccccc2)c2ccccc2)[C@H]1Cc1ccccc1. The molecule has 1 atom stereocenters. The van der Waals surface area contributed by atoms with E-state index in [1.165, 1.54) is 27.3 Å². The summed E-state index contributed by atoms with van der Waals surface area (Å²) in [5.41, 5.74) is 4.15. The minimum atomic E-state index is -0.623. The van der Waals surface area contributed by atoms with Crippen LogP contribution in [0.5, 0.6) is 0 Å². The van der Waals surface area contributed by atoms with Crippen LogP contribution in [0.1, 0.15) is 11.1 Å². The molecule has 1 nitrogen and oxygen atoms in total. The molecular weight excluding hydrogens is 393 g/mol. The van der Waals surface area contributed by atoms with Gasteiger partial charge in [-0.1, -0.05) is 127 Å². The molecule has 1 heterocycles. The van der Waals surface area contributed by atoms with Gasteiger partial charge in [0.2, 0.25) is 0 Å². The summed E-state index contributed by atoms with van der Waals surface area (Å²) in [4.78, 5) is 0. The molecule has 31 heavy (non-hydrogen) atoms. The summed E-state index contributed by atoms with van der Waals surface area (Å²) in [5, 5.41) is 2.81. The van der Waals surface area contributed by atoms with Gasteiger partial charge in [0.05, 0.1) is 0 Å². The summed E-state index contributed by atoms with van der Waals surface area (Å²) in [6.45, 7) is 0.969. The second-order valence-corrected chi connectivity index (χ2v) is 10.1. The van der Waals surface area contributed by atoms with Gasteiger partial charge in [-0.25, -0.2) is 0 Å². The van der Waals surface area contributed by atoms with Crippen molar-refractivity contribution in [2.75, 3.05) is 6.54 Å². The van der Waals surface area contributed by atoms with Crippen molar-refractivity contribution in [3.05, 3.63) is 139 Å². The highest BCUT2D eigenvalue weighted by atomic mass is 31.1. The van der Waals surface area contributed by atoms with Crippen molar-refractivity contribution in [3.8, 4) is 0 Å². The normalized spacial score (nSPS) is 16.4. The zero-order valence-corrected chi connectivity index (χ0v) is 18.4. The van der Waals surface area contributed by atoms with Crippen LogP contribution in [0.2, 0.25) is 0 Å². The Morgan fingerprint density at radius 2 is 1.10 bits per heavy atom. The van der Waals surface area contributed by atoms with Crippen molar-refractivity contribution in [2.45, 2.75) is 12.5 Å². The maximum absolute atomic E-state index is 2.73. The van der Waals surface area contributed by atoms with Crippen LogP contribution >= 0.6 is 8.07 Å². The predicted octanol–water partition coefficient (Wildman–Crippen LogP) is 6.04. The van der Waals surface area contributed by atoms with E-state index >= 15 is 0 Å². The summed E-state index contributed by atoms with van der Waals surface area (Å²) in [6.07, 6.45) is 3.53. The smallest absolute Gasteiger partial charge is 0.0371 e. The van der Waals surface area contributed by atoms with E-state index in [2.05, 4.69) is 132 Å². The molecule has 0 aromatic heterocycles. The standard InChI is InChI=1S/C29H26NP/c1-5-13-24(14-6-1)21-27-22-26(25-15-7-2-8-16-25)23-30(27)31(28-17-9-3-10-18-28)29-19-11-4-12-20-29/h1-20,22,27H,21,23H2/t27-/m0/s1. The Bertz CT molecular complexity index is 1090. The van der Waals surface area contributed by atoms with Gasteiger partial charge in [-0.15, -0.1) is 0 Å². The third-order valence-corrected chi connectivity index (χ3v) is 8.33. The molecule has 152 valence electrons. The zero-order valence-electron chi connectivity index (χ0n) is 17.5. The topological polar surface area (TPSA) is 3.24 Å². The first-order valence-corrected chi connectivity index (χ1v) is 12.1. The van der Waals surface area contributed by atoms with Gasteiger partial charge in [-0.05, 0) is 33.7 Å². The lowest BCUT2D eigenvalue weighted by Gasteiger charge is -2.34. The van der Waals surface area contributed by atoms with Crippen LogP contribution in [0.25, 0.3) is 5.57 Å². The summed E-state index contributed by atoms with van der Waals surface area (Å²) in [6, 6.07) is 44.2. The molecule has 2 heteroatoms. The fourth-order valence-corrected chi connectivity index (χ4v) is 6.86. The van der Waals surface area contributed by atoms with Crippen LogP contribution in [-0.2, 0) is 6.42 Å². The Balaban J connectivity index is 1.56. The average molecular weight is 420 g/mol. The van der Waals surface area contributed by atoms with Crippen LogP contribution in [-0.4, -0.2) is 17.3 Å². The largest absolute Gasteiger partial charge is 0.263 e. The van der Waals surface area contributed by atoms with Crippen LogP contribution in [0.3, 0.4) is 0 Å². The lowest BCUT2D eigenvalue weighted by molar-refractivity contribution is 0.459. The molecule has 0 bridgehead atoms. The summed E-state index contributed by atoms with van der Waals surface area (Å²) < 4.78 is 2.73. The number of benzene rings is 4. The zero-order chi connectivity index (χ0) is 20.9. The summed E-state index contributed by atoms with van der Waals surface area (Å²) >= 11 is 0. The second kappa shape index (κ2) is 9.43. The van der Waals surface area contributed by atoms with Gasteiger partial charge in [-0.2, -0.15) is 0 Å². The monoisotopic (exact) mass is 419 g/mol. The number of hydrogen-bond acceptors (Lipinski definition) is 1. The van der Waals surface area contributed by atoms with E-state index in [-0.39, 0.29) is 0 Å². The summed E-state index contributed by atoms with van der Waals surface area (Å²) in [7, 11) is -0.623. The third-order valence-electron chi connectivity index (χ3n) is 5.80. The highest BCUT2D eigenvalue weighted by molar-refractivity contribution is 7.70. The van der Waals surface area contributed by atoms with Gasteiger partial charge in [0.15, 0.2) is 0 Å². The van der Waals surface area contributed by atoms with Crippen LogP contribution in [0.15, 0.2) is 127 Å². The van der Waals surface area contributed by atoms with E-state index in [0.29, 0.717) is 6.04 Å². The molecule has 0 fully saturated rings. The van der Waals surface area contributed by atoms with Crippen molar-refractivity contribution >= 4 is 24.3 Å². The van der Waals surface area contributed by atoms with Crippen LogP contribution in [0.4, 0.5) is 0 Å². The number of rotatable bonds is 6. The molecule has 0 unspecified atom stereocenters. The number of nitrogens with zero attached hydrogens (tertiary/aromatic N) is 1. The van der Waals surface area contributed by atoms with E-state index < -0.39 is 8.07 Å². The van der Waals surface area contributed by atoms with Crippen molar-refractivity contribution in [1.82, 2.24) is 4.67 Å². The molecule has 0 radical (unpaired) electrons. The molecule has 1 aliphatic heterocycles. The molecule has 1 aliphatic rings. The van der Waals surface area contributed by atoms with Crippen molar-refractivity contribution in [3.63, 3.8) is 0 Å². The Hall–Kier alpha value is -2.99. The lowest BCUT2D eigenvalue weighted by Crippen LogP contribution is -2.34. The average Bonchev–Trinajstić information content (AvgIpc) is 3.25. The molecular formula is C29H26NP. The molecule has 5 rings (SSSR count). The lowest BCUT2D eigenvalue weighted by atomic mass is 10.0. The Morgan fingerprint density at radius 1 is 0.613 bits per heavy atom. The van der Waals surface area contributed by atoms with E-state index in [4.69, 9.17) is 0 Å². The maximum Gasteiger partial charge on any atom is 0.0371 e. The van der Waals surface area contributed by atoms with Gasteiger partial charge >= 0.3 is 0 Å². The molecule has 0 saturated heterocycles. The number of hydrogen-bond donors (Lipinski definition) is 0. The first-order valence-electron chi connectivity index (χ1n) is 10.9. The Morgan fingerprint density at radius 3 is 1.65 bits per heavy atom. The van der Waals surface area contributed by atoms with Crippen molar-refractivity contribution in [1.29, 1.82) is 0 Å². The fraction of sp³-hybridized carbons (Fsp3) is 0.103. The van der Waals surface area contributed by atoms with E-state index in [1.54, 1.807) is 0 Å². The molecule has 0 saturated carbocycles. The van der Waals surface area contributed by atoms with Gasteiger partial charge in [0.1, 0.15) is 0 Å². The Kier molecular flexibility index (Phi) is 6.07. The van der Waals surface area contributed by atoms with E-state index in [9.17, 15) is 0 Å². The van der Waals surface area contributed by atoms with Gasteiger partial charge in [0, 0.05) is 20.7 Å². The van der Waals surface area contributed by atoms with E-state index in [1.807, 2.05) is 0 Å². The minimum absolute atomic E-state index is 0.365. The van der Waals surface area contributed by atoms with Crippen LogP contribution in [0, 0.1) is 0 Å². The second-order valence-electron chi connectivity index (χ2n) is 7.90.